The van der Waals surface area contributed by atoms with Crippen molar-refractivity contribution in [3.05, 3.63) is 35.9 Å². The van der Waals surface area contributed by atoms with Gasteiger partial charge in [0.15, 0.2) is 6.10 Å². The van der Waals surface area contributed by atoms with Gasteiger partial charge in [0.25, 0.3) is 21.9 Å². The lowest BCUT2D eigenvalue weighted by molar-refractivity contribution is -0.271. The van der Waals surface area contributed by atoms with Gasteiger partial charge in [0.2, 0.25) is 18.1 Å². The van der Waals surface area contributed by atoms with Crippen molar-refractivity contribution in [2.75, 3.05) is 32.5 Å². The van der Waals surface area contributed by atoms with Crippen molar-refractivity contribution < 1.29 is 81.1 Å². The van der Waals surface area contributed by atoms with E-state index in [1.165, 1.54) is 25.2 Å². The number of carboxylic acids is 1. The van der Waals surface area contributed by atoms with Gasteiger partial charge in [-0.3, -0.25) is 28.6 Å². The summed E-state index contributed by atoms with van der Waals surface area (Å²) < 4.78 is 54.0. The van der Waals surface area contributed by atoms with Crippen LogP contribution in [0.25, 0.3) is 0 Å². The number of aliphatic hydroxyl groups is 3. The molecule has 1 saturated heterocycles. The van der Waals surface area contributed by atoms with Gasteiger partial charge < -0.3 is 55.3 Å². The number of benzene rings is 1. The third-order valence-corrected chi connectivity index (χ3v) is 8.51. The number of amides is 5. The van der Waals surface area contributed by atoms with Crippen LogP contribution in [0.3, 0.4) is 0 Å². The lowest BCUT2D eigenvalue weighted by atomic mass is 9.99. The van der Waals surface area contributed by atoms with Crippen LogP contribution in [-0.2, 0) is 50.2 Å². The Balaban J connectivity index is 1.54. The van der Waals surface area contributed by atoms with E-state index in [4.69, 9.17) is 18.9 Å². The minimum absolute atomic E-state index is 0.0494. The third kappa shape index (κ3) is 13.2. The Hall–Kier alpha value is -4.87. The van der Waals surface area contributed by atoms with Gasteiger partial charge in [0.05, 0.1) is 6.61 Å². The molecule has 53 heavy (non-hydrogen) atoms. The molecular formula is C31H42N4O17S. The van der Waals surface area contributed by atoms with Crippen LogP contribution in [0.2, 0.25) is 0 Å². The Bertz CT molecular complexity index is 1620. The van der Waals surface area contributed by atoms with Crippen molar-refractivity contribution in [2.45, 2.75) is 75.5 Å². The van der Waals surface area contributed by atoms with E-state index in [0.29, 0.717) is 24.8 Å². The molecule has 0 spiro atoms. The topological polar surface area (TPSA) is 314 Å². The number of alkyl carbamates (subject to hydrolysis) is 1. The largest absolute Gasteiger partial charge is 0.493 e. The van der Waals surface area contributed by atoms with E-state index in [1.54, 1.807) is 0 Å². The first-order valence-electron chi connectivity index (χ1n) is 16.3. The molecule has 0 radical (unpaired) electrons. The van der Waals surface area contributed by atoms with Crippen LogP contribution >= 0.6 is 0 Å². The molecule has 0 aromatic heterocycles. The Kier molecular flexibility index (Phi) is 15.9. The molecule has 2 aliphatic rings. The second-order valence-electron chi connectivity index (χ2n) is 11.8. The summed E-state index contributed by atoms with van der Waals surface area (Å²) in [6, 6.07) is 2.41. The Labute approximate surface area is 302 Å². The van der Waals surface area contributed by atoms with Gasteiger partial charge in [0.1, 0.15) is 48.2 Å². The fourth-order valence-electron chi connectivity index (χ4n) is 4.99. The van der Waals surface area contributed by atoms with Gasteiger partial charge in [-0.15, -0.1) is 0 Å². The van der Waals surface area contributed by atoms with Crippen LogP contribution < -0.4 is 25.4 Å². The number of hydrogen-bond acceptors (Lipinski definition) is 15. The first-order chi connectivity index (χ1) is 25.0. The standard InChI is InChI=1S/C31H42N4O17S/c1-32-31(45)50-15-17-7-8-18(51-30-26(41)24(39)25(40)27(52-30)29(43)44)14-20(17)49-13-5-11-33-28(42)19(16-53(46,47)48)34-21(36)6-3-2-4-12-35-22(37)9-10-23(35)38/h7-10,14,19,24-27,30,39-41H,2-6,11-13,15-16H2,1H3,(H,32,45)(H,33,42)(H,34,36)(H,43,44)(H,46,47,48)/t19?,24-,25-,26+,27-,30+/m0/s1. The molecule has 22 heteroatoms. The summed E-state index contributed by atoms with van der Waals surface area (Å²) in [6.07, 6.45) is -6.61. The molecular weight excluding hydrogens is 732 g/mol. The van der Waals surface area contributed by atoms with Crippen LogP contribution in [0.5, 0.6) is 11.5 Å². The fourth-order valence-corrected chi connectivity index (χ4v) is 5.65. The molecule has 21 nitrogen and oxygen atoms in total. The monoisotopic (exact) mass is 774 g/mol. The van der Waals surface area contributed by atoms with E-state index < -0.39 is 88.3 Å². The summed E-state index contributed by atoms with van der Waals surface area (Å²) in [5.74, 6) is -5.12. The van der Waals surface area contributed by atoms with Gasteiger partial charge in [-0.05, 0) is 31.4 Å². The van der Waals surface area contributed by atoms with Gasteiger partial charge in [-0.2, -0.15) is 8.42 Å². The van der Waals surface area contributed by atoms with Crippen LogP contribution in [-0.4, -0.2) is 143 Å². The number of hydrogen-bond donors (Lipinski definition) is 8. The Morgan fingerprint density at radius 1 is 0.981 bits per heavy atom. The smallest absolute Gasteiger partial charge is 0.407 e. The highest BCUT2D eigenvalue weighted by molar-refractivity contribution is 7.85. The molecule has 1 fully saturated rings. The number of unbranched alkanes of at least 4 members (excludes halogenated alkanes) is 2. The van der Waals surface area contributed by atoms with Crippen LogP contribution in [0, 0.1) is 0 Å². The van der Waals surface area contributed by atoms with E-state index in [0.717, 1.165) is 17.1 Å². The number of nitrogens with zero attached hydrogens (tertiary/aromatic N) is 1. The predicted octanol–water partition coefficient (Wildman–Crippen LogP) is -2.44. The SMILES string of the molecule is CNC(=O)OCc1ccc(O[C@@H]2O[C@H](C(=O)O)[C@@H](O)[C@H](O)[C@H]2O)cc1OCCCNC(=O)C(CS(=O)(=O)O)NC(=O)CCCCCN1C(=O)C=CC1=O. The first-order valence-corrected chi connectivity index (χ1v) is 17.9. The minimum Gasteiger partial charge on any atom is -0.493 e. The summed E-state index contributed by atoms with van der Waals surface area (Å²) in [4.78, 5) is 72.6. The maximum Gasteiger partial charge on any atom is 0.407 e. The summed E-state index contributed by atoms with van der Waals surface area (Å²) in [5, 5.41) is 46.6. The Morgan fingerprint density at radius 3 is 2.32 bits per heavy atom. The third-order valence-electron chi connectivity index (χ3n) is 7.76. The highest BCUT2D eigenvalue weighted by Gasteiger charge is 2.48. The maximum atomic E-state index is 12.8. The number of ether oxygens (including phenoxy) is 4. The molecule has 8 N–H and O–H groups in total. The van der Waals surface area contributed by atoms with Crippen molar-refractivity contribution in [2.24, 2.45) is 0 Å². The highest BCUT2D eigenvalue weighted by Crippen LogP contribution is 2.30. The molecule has 294 valence electrons. The first kappa shape index (κ1) is 42.5. The highest BCUT2D eigenvalue weighted by atomic mass is 32.2. The van der Waals surface area contributed by atoms with Crippen LogP contribution in [0.15, 0.2) is 30.4 Å². The number of carbonyl (C=O) groups is 6. The predicted molar refractivity (Wildman–Crippen MR) is 176 cm³/mol. The molecule has 0 aliphatic carbocycles. The van der Waals surface area contributed by atoms with E-state index in [-0.39, 0.29) is 50.6 Å². The van der Waals surface area contributed by atoms with Crippen molar-refractivity contribution >= 4 is 45.8 Å². The molecule has 0 saturated carbocycles. The number of nitrogens with one attached hydrogen (secondary N) is 3. The van der Waals surface area contributed by atoms with Crippen molar-refractivity contribution in [1.82, 2.24) is 20.9 Å². The van der Waals surface area contributed by atoms with Gasteiger partial charge in [0, 0.05) is 50.3 Å². The average Bonchev–Trinajstić information content (AvgIpc) is 3.42. The number of imide groups is 1. The number of carbonyl (C=O) groups excluding carboxylic acids is 5. The molecule has 0 bridgehead atoms. The van der Waals surface area contributed by atoms with Crippen LogP contribution in [0.4, 0.5) is 4.79 Å². The number of carboxylic acid groups (broad SMARTS) is 1. The quantitative estimate of drug-likeness (QED) is 0.0387. The van der Waals surface area contributed by atoms with Gasteiger partial charge in [-0.1, -0.05) is 6.42 Å². The fraction of sp³-hybridized carbons (Fsp3) is 0.548. The normalized spacial score (nSPS) is 21.8. The Morgan fingerprint density at radius 2 is 1.68 bits per heavy atom. The molecule has 3 rings (SSSR count). The molecule has 2 aliphatic heterocycles. The zero-order valence-corrected chi connectivity index (χ0v) is 29.2. The second-order valence-corrected chi connectivity index (χ2v) is 13.3. The van der Waals surface area contributed by atoms with Crippen LogP contribution in [0.1, 0.15) is 37.7 Å². The summed E-state index contributed by atoms with van der Waals surface area (Å²) in [7, 11) is -3.35. The summed E-state index contributed by atoms with van der Waals surface area (Å²) >= 11 is 0. The van der Waals surface area contributed by atoms with E-state index in [2.05, 4.69) is 16.0 Å². The molecule has 6 atom stereocenters. The number of aliphatic carboxylic acids is 1. The van der Waals surface area contributed by atoms with E-state index >= 15 is 0 Å². The molecule has 1 aromatic carbocycles. The van der Waals surface area contributed by atoms with Gasteiger partial charge >= 0.3 is 12.1 Å². The lowest BCUT2D eigenvalue weighted by Crippen LogP contribution is -2.61. The summed E-state index contributed by atoms with van der Waals surface area (Å²) in [6.45, 7) is -0.323. The number of aliphatic hydroxyl groups excluding tert-OH is 3. The maximum absolute atomic E-state index is 12.8. The average molecular weight is 775 g/mol. The second kappa shape index (κ2) is 19.8. The summed E-state index contributed by atoms with van der Waals surface area (Å²) in [5.41, 5.74) is 0.319. The molecule has 2 heterocycles. The zero-order chi connectivity index (χ0) is 39.3. The van der Waals surface area contributed by atoms with Crippen molar-refractivity contribution in [3.63, 3.8) is 0 Å². The van der Waals surface area contributed by atoms with Gasteiger partial charge in [-0.25, -0.2) is 9.59 Å². The van der Waals surface area contributed by atoms with Crippen molar-refractivity contribution in [3.8, 4) is 11.5 Å². The molecule has 1 aromatic rings. The lowest BCUT2D eigenvalue weighted by Gasteiger charge is -2.38. The molecule has 5 amide bonds. The number of rotatable bonds is 20. The minimum atomic E-state index is -4.69. The van der Waals surface area contributed by atoms with Crippen molar-refractivity contribution in [1.29, 1.82) is 0 Å². The zero-order valence-electron chi connectivity index (χ0n) is 28.4. The van der Waals surface area contributed by atoms with E-state index in [9.17, 15) is 62.2 Å². The molecule has 1 unspecified atom stereocenters. The van der Waals surface area contributed by atoms with E-state index in [1.807, 2.05) is 0 Å².